The maximum atomic E-state index is 3.57. The summed E-state index contributed by atoms with van der Waals surface area (Å²) in [5.41, 5.74) is 6.91. The molecule has 0 nitrogen and oxygen atoms in total. The molecule has 3 aliphatic carbocycles. The van der Waals surface area contributed by atoms with Crippen molar-refractivity contribution in [3.05, 3.63) is 59.7 Å². The Hall–Kier alpha value is -1.08. The van der Waals surface area contributed by atoms with Crippen LogP contribution < -0.4 is 0 Å². The lowest BCUT2D eigenvalue weighted by Crippen LogP contribution is -2.64. The van der Waals surface area contributed by atoms with E-state index in [-0.39, 0.29) is 0 Å². The zero-order valence-electron chi connectivity index (χ0n) is 13.9. The van der Waals surface area contributed by atoms with Gasteiger partial charge < -0.3 is 0 Å². The van der Waals surface area contributed by atoms with Gasteiger partial charge in [0.15, 0.2) is 0 Å². The summed E-state index contributed by atoms with van der Waals surface area (Å²) >= 11 is 3.57. The molecule has 120 valence electrons. The quantitative estimate of drug-likeness (QED) is 0.509. The van der Waals surface area contributed by atoms with Gasteiger partial charge in [0.2, 0.25) is 0 Å². The van der Waals surface area contributed by atoms with Crippen LogP contribution in [0, 0.1) is 5.41 Å². The summed E-state index contributed by atoms with van der Waals surface area (Å²) in [6.07, 6.45) is 8.15. The van der Waals surface area contributed by atoms with E-state index in [1.54, 1.807) is 5.56 Å². The van der Waals surface area contributed by atoms with Gasteiger partial charge in [0.1, 0.15) is 0 Å². The second kappa shape index (κ2) is 5.77. The fraction of sp³-hybridized carbons (Fsp3) is 0.455. The van der Waals surface area contributed by atoms with Crippen LogP contribution >= 0.6 is 15.9 Å². The number of halogens is 1. The summed E-state index contributed by atoms with van der Waals surface area (Å²) in [6.45, 7) is 2.21. The van der Waals surface area contributed by atoms with Gasteiger partial charge in [-0.1, -0.05) is 71.4 Å². The average Bonchev–Trinajstić information content (AvgIpc) is 2.53. The third-order valence-corrected chi connectivity index (χ3v) is 6.73. The smallest absolute Gasteiger partial charge is 0.00315 e. The van der Waals surface area contributed by atoms with Crippen LogP contribution in [0.15, 0.2) is 48.5 Å². The first-order chi connectivity index (χ1) is 11.2. The van der Waals surface area contributed by atoms with E-state index in [4.69, 9.17) is 0 Å². The molecule has 0 spiro atoms. The summed E-state index contributed by atoms with van der Waals surface area (Å²) in [7, 11) is 0. The lowest BCUT2D eigenvalue weighted by atomic mass is 9.32. The molecule has 23 heavy (non-hydrogen) atoms. The summed E-state index contributed by atoms with van der Waals surface area (Å²) in [6, 6.07) is 18.4. The van der Waals surface area contributed by atoms with Crippen LogP contribution in [0.4, 0.5) is 0 Å². The Morgan fingerprint density at radius 3 is 1.96 bits per heavy atom. The summed E-state index contributed by atoms with van der Waals surface area (Å²) in [5, 5.41) is 1.16. The molecule has 0 saturated heterocycles. The van der Waals surface area contributed by atoms with Gasteiger partial charge in [-0.15, -0.1) is 0 Å². The van der Waals surface area contributed by atoms with E-state index >= 15 is 0 Å². The highest BCUT2D eigenvalue weighted by molar-refractivity contribution is 9.09. The van der Waals surface area contributed by atoms with Gasteiger partial charge in [-0.3, -0.25) is 0 Å². The largest absolute Gasteiger partial charge is 0.0928 e. The van der Waals surface area contributed by atoms with Gasteiger partial charge in [-0.25, -0.2) is 0 Å². The summed E-state index contributed by atoms with van der Waals surface area (Å²) in [5.74, 6) is 0. The summed E-state index contributed by atoms with van der Waals surface area (Å²) < 4.78 is 0. The third kappa shape index (κ3) is 2.58. The molecule has 0 unspecified atom stereocenters. The first-order valence-corrected chi connectivity index (χ1v) is 10.1. The average molecular weight is 369 g/mol. The minimum atomic E-state index is 0.539. The highest BCUT2D eigenvalue weighted by Gasteiger charge is 2.67. The fourth-order valence-electron chi connectivity index (χ4n) is 4.96. The molecule has 5 rings (SSSR count). The molecule has 2 bridgehead atoms. The molecule has 0 aromatic heterocycles. The molecule has 0 radical (unpaired) electrons. The lowest BCUT2D eigenvalue weighted by molar-refractivity contribution is -0.146. The minimum absolute atomic E-state index is 0.539. The Kier molecular flexibility index (Phi) is 3.88. The van der Waals surface area contributed by atoms with E-state index in [0.29, 0.717) is 10.8 Å². The molecule has 0 N–H and O–H groups in total. The van der Waals surface area contributed by atoms with Crippen LogP contribution in [0.1, 0.15) is 50.2 Å². The first kappa shape index (κ1) is 15.4. The zero-order valence-corrected chi connectivity index (χ0v) is 15.5. The number of hydrogen-bond donors (Lipinski definition) is 0. The standard InChI is InChI=1S/C22H25Br/c1-2-17-4-6-18(7-5-17)19-8-10-20(11-9-19)22-14-21(15-22,16-22)12-3-13-23/h4-11H,2-3,12-16H2,1H3. The van der Waals surface area contributed by atoms with Gasteiger partial charge in [0.05, 0.1) is 0 Å². The van der Waals surface area contributed by atoms with E-state index in [1.807, 2.05) is 0 Å². The zero-order chi connectivity index (χ0) is 15.9. The Labute approximate surface area is 148 Å². The van der Waals surface area contributed by atoms with Crippen molar-refractivity contribution in [1.29, 1.82) is 0 Å². The SMILES string of the molecule is CCc1ccc(-c2ccc(C34CC(CCCBr)(C3)C4)cc2)cc1. The molecule has 0 amide bonds. The number of alkyl halides is 1. The Morgan fingerprint density at radius 1 is 0.870 bits per heavy atom. The highest BCUT2D eigenvalue weighted by Crippen LogP contribution is 2.75. The van der Waals surface area contributed by atoms with Gasteiger partial charge >= 0.3 is 0 Å². The number of benzene rings is 2. The van der Waals surface area contributed by atoms with Crippen molar-refractivity contribution >= 4 is 15.9 Å². The predicted octanol–water partition coefficient (Wildman–Crippen LogP) is 6.51. The van der Waals surface area contributed by atoms with Crippen molar-refractivity contribution in [2.45, 2.75) is 50.9 Å². The van der Waals surface area contributed by atoms with Gasteiger partial charge in [0.25, 0.3) is 0 Å². The Bertz CT molecular complexity index is 661. The molecule has 2 aromatic carbocycles. The second-order valence-electron chi connectivity index (χ2n) is 7.73. The first-order valence-electron chi connectivity index (χ1n) is 8.95. The third-order valence-electron chi connectivity index (χ3n) is 6.17. The molecule has 3 fully saturated rings. The molecule has 0 atom stereocenters. The Morgan fingerprint density at radius 2 is 1.43 bits per heavy atom. The van der Waals surface area contributed by atoms with Crippen molar-refractivity contribution in [3.63, 3.8) is 0 Å². The fourth-order valence-corrected chi connectivity index (χ4v) is 5.24. The van der Waals surface area contributed by atoms with Crippen LogP contribution in [0.25, 0.3) is 11.1 Å². The van der Waals surface area contributed by atoms with Crippen LogP contribution in [0.2, 0.25) is 0 Å². The number of hydrogen-bond acceptors (Lipinski definition) is 0. The van der Waals surface area contributed by atoms with E-state index in [1.165, 1.54) is 48.8 Å². The van der Waals surface area contributed by atoms with E-state index in [2.05, 4.69) is 71.4 Å². The molecule has 3 saturated carbocycles. The number of rotatable bonds is 6. The number of aryl methyl sites for hydroxylation is 1. The Balaban J connectivity index is 1.45. The van der Waals surface area contributed by atoms with Gasteiger partial charge in [-0.05, 0) is 71.6 Å². The van der Waals surface area contributed by atoms with Crippen LogP contribution in [-0.2, 0) is 11.8 Å². The highest BCUT2D eigenvalue weighted by atomic mass is 79.9. The topological polar surface area (TPSA) is 0 Å². The van der Waals surface area contributed by atoms with Gasteiger partial charge in [0, 0.05) is 5.33 Å². The van der Waals surface area contributed by atoms with Crippen molar-refractivity contribution < 1.29 is 0 Å². The second-order valence-corrected chi connectivity index (χ2v) is 8.52. The molecule has 1 heteroatoms. The van der Waals surface area contributed by atoms with Crippen molar-refractivity contribution in [2.24, 2.45) is 5.41 Å². The van der Waals surface area contributed by atoms with Crippen molar-refractivity contribution in [3.8, 4) is 11.1 Å². The van der Waals surface area contributed by atoms with Crippen molar-refractivity contribution in [2.75, 3.05) is 5.33 Å². The van der Waals surface area contributed by atoms with E-state index < -0.39 is 0 Å². The van der Waals surface area contributed by atoms with Crippen LogP contribution in [-0.4, -0.2) is 5.33 Å². The van der Waals surface area contributed by atoms with E-state index in [9.17, 15) is 0 Å². The molecule has 0 heterocycles. The monoisotopic (exact) mass is 368 g/mol. The molecule has 2 aromatic rings. The molecular formula is C22H25Br. The molecule has 0 aliphatic heterocycles. The van der Waals surface area contributed by atoms with Gasteiger partial charge in [-0.2, -0.15) is 0 Å². The van der Waals surface area contributed by atoms with Crippen molar-refractivity contribution in [1.82, 2.24) is 0 Å². The van der Waals surface area contributed by atoms with E-state index in [0.717, 1.165) is 11.8 Å². The predicted molar refractivity (Wildman–Crippen MR) is 102 cm³/mol. The molecular weight excluding hydrogens is 344 g/mol. The normalized spacial score (nSPS) is 28.1. The van der Waals surface area contributed by atoms with Crippen LogP contribution in [0.5, 0.6) is 0 Å². The van der Waals surface area contributed by atoms with Crippen LogP contribution in [0.3, 0.4) is 0 Å². The maximum Gasteiger partial charge on any atom is 0.00315 e. The minimum Gasteiger partial charge on any atom is -0.0928 e. The summed E-state index contributed by atoms with van der Waals surface area (Å²) in [4.78, 5) is 0. The molecule has 3 aliphatic rings. The maximum absolute atomic E-state index is 3.57. The lowest BCUT2D eigenvalue weighted by Gasteiger charge is -2.72.